The van der Waals surface area contributed by atoms with Crippen molar-refractivity contribution in [2.24, 2.45) is 0 Å². The monoisotopic (exact) mass is 951 g/mol. The Labute approximate surface area is 424 Å². The van der Waals surface area contributed by atoms with Crippen LogP contribution in [0.2, 0.25) is 0 Å². The number of allylic oxidation sites excluding steroid dienone is 10. The van der Waals surface area contributed by atoms with Crippen LogP contribution in [0.4, 0.5) is 0 Å². The van der Waals surface area contributed by atoms with Crippen molar-refractivity contribution in [3.8, 4) is 0 Å². The molecule has 5 nitrogen and oxygen atoms in total. The van der Waals surface area contributed by atoms with E-state index in [4.69, 9.17) is 14.2 Å². The van der Waals surface area contributed by atoms with Gasteiger partial charge in [-0.15, -0.1) is 0 Å². The van der Waals surface area contributed by atoms with Crippen LogP contribution in [0.25, 0.3) is 0 Å². The molecule has 0 aromatic rings. The van der Waals surface area contributed by atoms with Gasteiger partial charge in [-0.3, -0.25) is 9.59 Å². The average molecular weight is 952 g/mol. The summed E-state index contributed by atoms with van der Waals surface area (Å²) in [5.74, 6) is -0.384. The zero-order valence-electron chi connectivity index (χ0n) is 45.6. The van der Waals surface area contributed by atoms with E-state index in [1.54, 1.807) is 0 Å². The topological polar surface area (TPSA) is 61.8 Å². The molecule has 0 bridgehead atoms. The number of esters is 2. The Hall–Kier alpha value is -2.40. The van der Waals surface area contributed by atoms with Gasteiger partial charge >= 0.3 is 11.9 Å². The van der Waals surface area contributed by atoms with Crippen LogP contribution < -0.4 is 0 Å². The third-order valence-electron chi connectivity index (χ3n) is 13.1. The molecule has 0 aliphatic rings. The highest BCUT2D eigenvalue weighted by molar-refractivity contribution is 5.69. The molecule has 0 spiro atoms. The predicted molar refractivity (Wildman–Crippen MR) is 298 cm³/mol. The van der Waals surface area contributed by atoms with Gasteiger partial charge in [0.05, 0.1) is 0 Å². The Morgan fingerprint density at radius 2 is 0.603 bits per heavy atom. The average Bonchev–Trinajstić information content (AvgIpc) is 3.34. The van der Waals surface area contributed by atoms with Gasteiger partial charge in [0.1, 0.15) is 19.3 Å². The fourth-order valence-electron chi connectivity index (χ4n) is 8.64. The lowest BCUT2D eigenvalue weighted by atomic mass is 10.0. The van der Waals surface area contributed by atoms with Gasteiger partial charge in [0, 0.05) is 19.4 Å². The van der Waals surface area contributed by atoms with Crippen LogP contribution in [0.1, 0.15) is 303 Å². The van der Waals surface area contributed by atoms with Crippen LogP contribution in [0.3, 0.4) is 0 Å². The van der Waals surface area contributed by atoms with Crippen LogP contribution in [-0.2, 0) is 23.8 Å². The Kier molecular flexibility index (Phi) is 56.8. The lowest BCUT2D eigenvalue weighted by molar-refractivity contribution is -0.155. The molecule has 0 saturated heterocycles. The second kappa shape index (κ2) is 58.9. The highest BCUT2D eigenvalue weighted by Crippen LogP contribution is 2.17. The van der Waals surface area contributed by atoms with Gasteiger partial charge in [0.15, 0.2) is 0 Å². The zero-order chi connectivity index (χ0) is 49.2. The summed E-state index contributed by atoms with van der Waals surface area (Å²) in [6.07, 6.45) is 75.6. The Bertz CT molecular complexity index is 1170. The summed E-state index contributed by atoms with van der Waals surface area (Å²) in [6.45, 7) is 7.61. The van der Waals surface area contributed by atoms with E-state index in [0.29, 0.717) is 19.4 Å². The van der Waals surface area contributed by atoms with Crippen molar-refractivity contribution in [2.75, 3.05) is 19.8 Å². The molecule has 0 unspecified atom stereocenters. The summed E-state index contributed by atoms with van der Waals surface area (Å²) >= 11 is 0. The van der Waals surface area contributed by atoms with Gasteiger partial charge in [-0.2, -0.15) is 0 Å². The summed E-state index contributed by atoms with van der Waals surface area (Å²) in [4.78, 5) is 25.3. The Balaban J connectivity index is 4.29. The van der Waals surface area contributed by atoms with Crippen molar-refractivity contribution < 1.29 is 23.8 Å². The predicted octanol–water partition coefficient (Wildman–Crippen LogP) is 20.5. The van der Waals surface area contributed by atoms with Gasteiger partial charge in [-0.05, 0) is 57.8 Å². The molecule has 0 rings (SSSR count). The number of carbonyl (C=O) groups is 2. The summed E-state index contributed by atoms with van der Waals surface area (Å²) in [6, 6.07) is 0. The highest BCUT2D eigenvalue weighted by Gasteiger charge is 2.16. The van der Waals surface area contributed by atoms with Crippen LogP contribution >= 0.6 is 0 Å². The minimum Gasteiger partial charge on any atom is -0.463 e. The number of ether oxygens (including phenoxy) is 3. The number of carbonyl (C=O) groups excluding carboxylic acids is 2. The smallest absolute Gasteiger partial charge is 0.305 e. The second-order valence-electron chi connectivity index (χ2n) is 19.9. The van der Waals surface area contributed by atoms with Crippen LogP contribution in [0.15, 0.2) is 60.8 Å². The molecular weight excluding hydrogens is 837 g/mol. The van der Waals surface area contributed by atoms with Gasteiger partial charge in [0.2, 0.25) is 0 Å². The molecule has 0 aliphatic carbocycles. The van der Waals surface area contributed by atoms with E-state index in [-0.39, 0.29) is 25.2 Å². The van der Waals surface area contributed by atoms with Gasteiger partial charge in [-0.1, -0.05) is 293 Å². The summed E-state index contributed by atoms with van der Waals surface area (Å²) in [7, 11) is 0. The minimum atomic E-state index is -0.421. The van der Waals surface area contributed by atoms with E-state index in [2.05, 4.69) is 81.5 Å². The first kappa shape index (κ1) is 65.6. The van der Waals surface area contributed by atoms with Crippen molar-refractivity contribution in [3.05, 3.63) is 60.8 Å². The summed E-state index contributed by atoms with van der Waals surface area (Å²) in [5.41, 5.74) is 0. The molecule has 396 valence electrons. The van der Waals surface area contributed by atoms with Crippen LogP contribution in [0, 0.1) is 0 Å². The van der Waals surface area contributed by atoms with Crippen LogP contribution in [0.5, 0.6) is 0 Å². The minimum absolute atomic E-state index is 0.131. The third kappa shape index (κ3) is 56.2. The molecule has 0 aliphatic heterocycles. The van der Waals surface area contributed by atoms with E-state index in [1.807, 2.05) is 0 Å². The van der Waals surface area contributed by atoms with Crippen molar-refractivity contribution in [3.63, 3.8) is 0 Å². The van der Waals surface area contributed by atoms with Crippen molar-refractivity contribution in [1.29, 1.82) is 0 Å². The maximum Gasteiger partial charge on any atom is 0.305 e. The fourth-order valence-corrected chi connectivity index (χ4v) is 8.64. The number of unbranched alkanes of at least 4 members (excludes halogenated alkanes) is 34. The largest absolute Gasteiger partial charge is 0.463 e. The first-order chi connectivity index (χ1) is 33.6. The van der Waals surface area contributed by atoms with E-state index in [0.717, 1.165) is 70.6 Å². The summed E-state index contributed by atoms with van der Waals surface area (Å²) in [5, 5.41) is 0. The number of rotatable bonds is 55. The van der Waals surface area contributed by atoms with E-state index < -0.39 is 6.10 Å². The summed E-state index contributed by atoms with van der Waals surface area (Å²) < 4.78 is 17.5. The number of hydrogen-bond acceptors (Lipinski definition) is 5. The highest BCUT2D eigenvalue weighted by atomic mass is 16.6. The van der Waals surface area contributed by atoms with Gasteiger partial charge < -0.3 is 14.2 Å². The lowest BCUT2D eigenvalue weighted by Gasteiger charge is -2.18. The molecule has 0 aromatic carbocycles. The maximum absolute atomic E-state index is 12.7. The molecule has 1 atom stereocenters. The van der Waals surface area contributed by atoms with Crippen molar-refractivity contribution in [1.82, 2.24) is 0 Å². The van der Waals surface area contributed by atoms with E-state index in [1.165, 1.54) is 199 Å². The van der Waals surface area contributed by atoms with E-state index >= 15 is 0 Å². The SMILES string of the molecule is CC/C=C\C/C=C\C/C=C\C/C=C\C/C=C\CCCC(=O)OC[C@H](COC(=O)CCCCCCCCCCCCCCCCCCCCC)OCCCCCCCCCCCCCCCCCC. The maximum atomic E-state index is 12.7. The molecule has 0 radical (unpaired) electrons. The fraction of sp³-hybridized carbons (Fsp3) is 0.810. The first-order valence-electron chi connectivity index (χ1n) is 29.8. The molecular formula is C63H114O5. The Morgan fingerprint density at radius 3 is 0.941 bits per heavy atom. The number of hydrogen-bond donors (Lipinski definition) is 0. The molecule has 0 heterocycles. The van der Waals surface area contributed by atoms with Gasteiger partial charge in [0.25, 0.3) is 0 Å². The third-order valence-corrected chi connectivity index (χ3v) is 13.1. The quantitative estimate of drug-likeness (QED) is 0.0345. The standard InChI is InChI=1S/C63H114O5/c1-4-7-10-13-16-19-22-25-28-31-32-34-36-39-42-45-48-51-54-57-63(65)68-60-61(66-58-55-52-49-46-43-40-37-30-27-24-21-18-15-12-9-6-3)59-67-62(64)56-53-50-47-44-41-38-35-33-29-26-23-20-17-14-11-8-5-2/h8,11,17,20,26,29,35,38,44,47,61H,4-7,9-10,12-16,18-19,21-25,27-28,30-34,36-37,39-43,45-46,48-60H2,1-3H3/b11-8-,20-17-,29-26-,38-35-,47-44-/t61-/m1/s1. The molecule has 0 fully saturated rings. The molecule has 68 heavy (non-hydrogen) atoms. The zero-order valence-corrected chi connectivity index (χ0v) is 45.6. The second-order valence-corrected chi connectivity index (χ2v) is 19.9. The van der Waals surface area contributed by atoms with E-state index in [9.17, 15) is 9.59 Å². The first-order valence-corrected chi connectivity index (χ1v) is 29.8. The van der Waals surface area contributed by atoms with Crippen LogP contribution in [-0.4, -0.2) is 37.9 Å². The van der Waals surface area contributed by atoms with Gasteiger partial charge in [-0.25, -0.2) is 0 Å². The van der Waals surface area contributed by atoms with Crippen molar-refractivity contribution in [2.45, 2.75) is 309 Å². The Morgan fingerprint density at radius 1 is 0.324 bits per heavy atom. The lowest BCUT2D eigenvalue weighted by Crippen LogP contribution is -2.29. The normalized spacial score (nSPS) is 12.6. The van der Waals surface area contributed by atoms with Crippen molar-refractivity contribution >= 4 is 11.9 Å². The molecule has 5 heteroatoms. The molecule has 0 aromatic heterocycles. The molecule has 0 amide bonds. The molecule has 0 N–H and O–H groups in total. The molecule has 0 saturated carbocycles.